The van der Waals surface area contributed by atoms with E-state index in [1.54, 1.807) is 6.07 Å². The number of likely N-dealkylation sites (tertiary alicyclic amines) is 1. The van der Waals surface area contributed by atoms with E-state index >= 15 is 0 Å². The molecular weight excluding hydrogens is 477 g/mol. The van der Waals surface area contributed by atoms with Crippen LogP contribution in [0, 0.1) is 15.9 Å². The van der Waals surface area contributed by atoms with Gasteiger partial charge in [-0.2, -0.15) is 0 Å². The van der Waals surface area contributed by atoms with Crippen LogP contribution in [0.4, 0.5) is 10.1 Å². The van der Waals surface area contributed by atoms with E-state index in [0.29, 0.717) is 12.0 Å². The second kappa shape index (κ2) is 13.1. The number of non-ortho nitro benzene ring substituents is 1. The van der Waals surface area contributed by atoms with Crippen molar-refractivity contribution in [2.45, 2.75) is 52.0 Å². The summed E-state index contributed by atoms with van der Waals surface area (Å²) < 4.78 is 13.5. The molecule has 1 N–H and O–H groups in total. The molecule has 1 heterocycles. The summed E-state index contributed by atoms with van der Waals surface area (Å²) in [5.74, 6) is -2.59. The first-order chi connectivity index (χ1) is 17.8. The fraction of sp³-hybridized carbons (Fsp3) is 0.429. The van der Waals surface area contributed by atoms with Crippen molar-refractivity contribution in [3.05, 3.63) is 81.2 Å². The van der Waals surface area contributed by atoms with Gasteiger partial charge < -0.3 is 14.9 Å². The Bertz CT molecular complexity index is 1140. The lowest BCUT2D eigenvalue weighted by atomic mass is 9.95. The third-order valence-corrected chi connectivity index (χ3v) is 6.58. The van der Waals surface area contributed by atoms with Crippen molar-refractivity contribution < 1.29 is 24.0 Å². The minimum Gasteiger partial charge on any atom is -0.507 e. The standard InChI is InChI=1S/C28H34FN3O5/c1-3-5-15-30(16-6-4-2)17-8-18-31-25(21-9-7-10-23(19-21)32(36)37)24(27(34)28(31)35)26(33)20-11-13-22(29)14-12-20/h7,9-14,19,25,33H,3-6,8,15-18H2,1-2H3/t25-/m0/s1. The first-order valence-electron chi connectivity index (χ1n) is 12.8. The molecule has 0 unspecified atom stereocenters. The fourth-order valence-corrected chi connectivity index (χ4v) is 4.59. The molecule has 1 amide bonds. The average Bonchev–Trinajstić information content (AvgIpc) is 3.15. The predicted octanol–water partition coefficient (Wildman–Crippen LogP) is 5.45. The van der Waals surface area contributed by atoms with Gasteiger partial charge in [0.1, 0.15) is 11.6 Å². The number of nitro benzene ring substituents is 1. The molecule has 1 fully saturated rings. The number of hydrogen-bond donors (Lipinski definition) is 1. The maximum atomic E-state index is 13.5. The van der Waals surface area contributed by atoms with Gasteiger partial charge in [-0.05, 0) is 68.7 Å². The second-order valence-electron chi connectivity index (χ2n) is 9.25. The molecule has 0 bridgehead atoms. The Morgan fingerprint density at radius 2 is 1.65 bits per heavy atom. The number of carbonyl (C=O) groups is 2. The highest BCUT2D eigenvalue weighted by molar-refractivity contribution is 6.46. The van der Waals surface area contributed by atoms with Gasteiger partial charge in [0.05, 0.1) is 16.5 Å². The lowest BCUT2D eigenvalue weighted by Crippen LogP contribution is -2.34. The molecule has 1 aliphatic heterocycles. The van der Waals surface area contributed by atoms with Crippen LogP contribution in [0.3, 0.4) is 0 Å². The highest BCUT2D eigenvalue weighted by Crippen LogP contribution is 2.40. The number of nitro groups is 1. The van der Waals surface area contributed by atoms with E-state index in [1.807, 2.05) is 0 Å². The maximum Gasteiger partial charge on any atom is 0.295 e. The molecule has 198 valence electrons. The van der Waals surface area contributed by atoms with Crippen LogP contribution >= 0.6 is 0 Å². The number of benzene rings is 2. The molecule has 0 aromatic heterocycles. The number of rotatable bonds is 13. The molecule has 0 spiro atoms. The molecular formula is C28H34FN3O5. The summed E-state index contributed by atoms with van der Waals surface area (Å²) in [5.41, 5.74) is 0.187. The molecule has 1 aliphatic rings. The Balaban J connectivity index is 1.96. The molecule has 0 saturated carbocycles. The summed E-state index contributed by atoms with van der Waals surface area (Å²) in [6, 6.07) is 9.68. The van der Waals surface area contributed by atoms with Crippen molar-refractivity contribution in [2.24, 2.45) is 0 Å². The first-order valence-corrected chi connectivity index (χ1v) is 12.8. The summed E-state index contributed by atoms with van der Waals surface area (Å²) in [4.78, 5) is 40.9. The largest absolute Gasteiger partial charge is 0.507 e. The van der Waals surface area contributed by atoms with Crippen molar-refractivity contribution in [1.29, 1.82) is 0 Å². The van der Waals surface area contributed by atoms with Crippen molar-refractivity contribution in [3.63, 3.8) is 0 Å². The van der Waals surface area contributed by atoms with Gasteiger partial charge >= 0.3 is 0 Å². The molecule has 9 heteroatoms. The van der Waals surface area contributed by atoms with Crippen LogP contribution in [-0.4, -0.2) is 57.7 Å². The Hall–Kier alpha value is -3.59. The van der Waals surface area contributed by atoms with E-state index in [9.17, 15) is 29.2 Å². The minimum absolute atomic E-state index is 0.161. The van der Waals surface area contributed by atoms with E-state index in [4.69, 9.17) is 0 Å². The van der Waals surface area contributed by atoms with E-state index in [0.717, 1.165) is 57.5 Å². The van der Waals surface area contributed by atoms with Crippen LogP contribution in [0.25, 0.3) is 5.76 Å². The van der Waals surface area contributed by atoms with Crippen molar-refractivity contribution >= 4 is 23.1 Å². The molecule has 1 atom stereocenters. The molecule has 2 aromatic carbocycles. The summed E-state index contributed by atoms with van der Waals surface area (Å²) >= 11 is 0. The molecule has 0 radical (unpaired) electrons. The smallest absolute Gasteiger partial charge is 0.295 e. The van der Waals surface area contributed by atoms with E-state index in [2.05, 4.69) is 18.7 Å². The van der Waals surface area contributed by atoms with Crippen LogP contribution in [0.15, 0.2) is 54.1 Å². The topological polar surface area (TPSA) is 104 Å². The highest BCUT2D eigenvalue weighted by atomic mass is 19.1. The quantitative estimate of drug-likeness (QED) is 0.126. The molecule has 37 heavy (non-hydrogen) atoms. The number of nitrogens with zero attached hydrogens (tertiary/aromatic N) is 3. The van der Waals surface area contributed by atoms with Gasteiger partial charge in [0.25, 0.3) is 17.4 Å². The Kier molecular flexibility index (Phi) is 9.91. The Morgan fingerprint density at radius 3 is 2.24 bits per heavy atom. The van der Waals surface area contributed by atoms with Crippen molar-refractivity contribution in [1.82, 2.24) is 9.80 Å². The number of carbonyl (C=O) groups excluding carboxylic acids is 2. The third-order valence-electron chi connectivity index (χ3n) is 6.58. The SMILES string of the molecule is CCCCN(CCCC)CCCN1C(=O)C(=O)C(=C(O)c2ccc(F)cc2)[C@@H]1c1cccc([N+](=O)[O-])c1. The van der Waals surface area contributed by atoms with Crippen LogP contribution < -0.4 is 0 Å². The molecule has 8 nitrogen and oxygen atoms in total. The highest BCUT2D eigenvalue weighted by Gasteiger charge is 2.46. The Labute approximate surface area is 216 Å². The molecule has 2 aromatic rings. The number of amides is 1. The minimum atomic E-state index is -0.996. The lowest BCUT2D eigenvalue weighted by Gasteiger charge is -2.27. The van der Waals surface area contributed by atoms with Crippen LogP contribution in [-0.2, 0) is 9.59 Å². The number of ketones is 1. The van der Waals surface area contributed by atoms with E-state index in [-0.39, 0.29) is 23.4 Å². The van der Waals surface area contributed by atoms with Gasteiger partial charge in [-0.3, -0.25) is 19.7 Å². The zero-order valence-electron chi connectivity index (χ0n) is 21.4. The average molecular weight is 512 g/mol. The van der Waals surface area contributed by atoms with Gasteiger partial charge in [-0.1, -0.05) is 38.8 Å². The summed E-state index contributed by atoms with van der Waals surface area (Å²) in [5, 5.41) is 22.5. The number of aliphatic hydroxyl groups is 1. The van der Waals surface area contributed by atoms with Gasteiger partial charge in [-0.15, -0.1) is 0 Å². The summed E-state index contributed by atoms with van der Waals surface area (Å²) in [7, 11) is 0. The summed E-state index contributed by atoms with van der Waals surface area (Å²) in [6.07, 6.45) is 4.89. The number of unbranched alkanes of at least 4 members (excludes halogenated alkanes) is 2. The number of Topliss-reactive ketones (excluding diaryl/α,β-unsaturated/α-hetero) is 1. The zero-order chi connectivity index (χ0) is 26.9. The van der Waals surface area contributed by atoms with Gasteiger partial charge in [0.2, 0.25) is 0 Å². The van der Waals surface area contributed by atoms with E-state index < -0.39 is 34.2 Å². The normalized spacial score (nSPS) is 17.1. The van der Waals surface area contributed by atoms with Crippen LogP contribution in [0.5, 0.6) is 0 Å². The Morgan fingerprint density at radius 1 is 1.03 bits per heavy atom. The lowest BCUT2D eigenvalue weighted by molar-refractivity contribution is -0.384. The number of aliphatic hydroxyl groups excluding tert-OH is 1. The number of halogens is 1. The maximum absolute atomic E-state index is 13.5. The van der Waals surface area contributed by atoms with E-state index in [1.165, 1.54) is 35.2 Å². The molecule has 1 saturated heterocycles. The number of hydrogen-bond acceptors (Lipinski definition) is 6. The van der Waals surface area contributed by atoms with Gasteiger partial charge in [0, 0.05) is 24.2 Å². The van der Waals surface area contributed by atoms with Crippen LogP contribution in [0.2, 0.25) is 0 Å². The van der Waals surface area contributed by atoms with Crippen molar-refractivity contribution in [3.8, 4) is 0 Å². The summed E-state index contributed by atoms with van der Waals surface area (Å²) in [6.45, 7) is 7.16. The van der Waals surface area contributed by atoms with Gasteiger partial charge in [-0.25, -0.2) is 4.39 Å². The second-order valence-corrected chi connectivity index (χ2v) is 9.25. The fourth-order valence-electron chi connectivity index (χ4n) is 4.59. The molecule has 3 rings (SSSR count). The molecule has 0 aliphatic carbocycles. The van der Waals surface area contributed by atoms with Crippen LogP contribution in [0.1, 0.15) is 63.1 Å². The monoisotopic (exact) mass is 511 g/mol. The third kappa shape index (κ3) is 6.80. The van der Waals surface area contributed by atoms with Gasteiger partial charge in [0.15, 0.2) is 0 Å². The zero-order valence-corrected chi connectivity index (χ0v) is 21.4. The predicted molar refractivity (Wildman–Crippen MR) is 139 cm³/mol. The first kappa shape index (κ1) is 28.0. The van der Waals surface area contributed by atoms with Crippen molar-refractivity contribution in [2.75, 3.05) is 26.2 Å².